The molecule has 2 aliphatic carbocycles. The van der Waals surface area contributed by atoms with Crippen LogP contribution in [0.1, 0.15) is 60.8 Å². The number of rotatable bonds is 10. The molecule has 0 aliphatic heterocycles. The second-order valence-electron chi connectivity index (χ2n) is 11.0. The number of benzene rings is 3. The second-order valence-corrected chi connectivity index (χ2v) is 11.9. The first-order chi connectivity index (χ1) is 19.4. The highest BCUT2D eigenvalue weighted by molar-refractivity contribution is 9.10. The summed E-state index contributed by atoms with van der Waals surface area (Å²) in [6.07, 6.45) is 4.41. The lowest BCUT2D eigenvalue weighted by atomic mass is 9.73. The van der Waals surface area contributed by atoms with Gasteiger partial charge in [0, 0.05) is 16.4 Å². The van der Waals surface area contributed by atoms with Crippen LogP contribution in [0.2, 0.25) is 0 Å². The summed E-state index contributed by atoms with van der Waals surface area (Å²) in [5.41, 5.74) is 2.46. The van der Waals surface area contributed by atoms with Crippen molar-refractivity contribution in [2.75, 3.05) is 13.1 Å². The summed E-state index contributed by atoms with van der Waals surface area (Å²) in [5.74, 6) is -0.604. The summed E-state index contributed by atoms with van der Waals surface area (Å²) in [7, 11) is 0. The van der Waals surface area contributed by atoms with Crippen molar-refractivity contribution in [3.63, 3.8) is 0 Å². The Labute approximate surface area is 242 Å². The molecule has 8 heteroatoms. The van der Waals surface area contributed by atoms with Gasteiger partial charge in [-0.3, -0.25) is 9.59 Å². The fraction of sp³-hybridized carbons (Fsp3) is 0.375. The zero-order valence-corrected chi connectivity index (χ0v) is 23.8. The van der Waals surface area contributed by atoms with E-state index < -0.39 is 6.04 Å². The summed E-state index contributed by atoms with van der Waals surface area (Å²) in [4.78, 5) is 26.5. The van der Waals surface area contributed by atoms with Gasteiger partial charge >= 0.3 is 0 Å². The largest absolute Gasteiger partial charge is 0.352 e. The van der Waals surface area contributed by atoms with Gasteiger partial charge in [0.2, 0.25) is 11.8 Å². The number of hydrogen-bond donors (Lipinski definition) is 3. The van der Waals surface area contributed by atoms with Crippen molar-refractivity contribution in [3.05, 3.63) is 106 Å². The molecule has 0 saturated heterocycles. The van der Waals surface area contributed by atoms with Crippen LogP contribution in [0.4, 0.5) is 8.78 Å². The van der Waals surface area contributed by atoms with E-state index in [0.717, 1.165) is 16.6 Å². The van der Waals surface area contributed by atoms with Gasteiger partial charge in [-0.15, -0.1) is 0 Å². The van der Waals surface area contributed by atoms with Crippen LogP contribution in [0.3, 0.4) is 0 Å². The fourth-order valence-corrected chi connectivity index (χ4v) is 5.87. The molecule has 2 fully saturated rings. The minimum atomic E-state index is -0.561. The van der Waals surface area contributed by atoms with Crippen molar-refractivity contribution in [2.45, 2.75) is 50.1 Å². The molecular formula is C32H34BrF2N3O2. The molecule has 3 atom stereocenters. The summed E-state index contributed by atoms with van der Waals surface area (Å²) < 4.78 is 28.3. The van der Waals surface area contributed by atoms with Gasteiger partial charge in [-0.05, 0) is 104 Å². The molecule has 3 aromatic carbocycles. The monoisotopic (exact) mass is 609 g/mol. The van der Waals surface area contributed by atoms with Crippen LogP contribution >= 0.6 is 15.9 Å². The summed E-state index contributed by atoms with van der Waals surface area (Å²) in [6.45, 7) is 1.18. The topological polar surface area (TPSA) is 70.2 Å². The first-order valence-electron chi connectivity index (χ1n) is 13.9. The molecule has 3 aromatic rings. The number of hydrogen-bond acceptors (Lipinski definition) is 3. The lowest BCUT2D eigenvalue weighted by Gasteiger charge is -2.37. The first kappa shape index (κ1) is 28.4. The minimum Gasteiger partial charge on any atom is -0.352 e. The van der Waals surface area contributed by atoms with Crippen LogP contribution in [0, 0.1) is 23.5 Å². The third kappa shape index (κ3) is 7.55. The van der Waals surface area contributed by atoms with E-state index in [4.69, 9.17) is 0 Å². The molecule has 0 radical (unpaired) electrons. The molecule has 210 valence electrons. The molecule has 5 nitrogen and oxygen atoms in total. The third-order valence-corrected chi connectivity index (χ3v) is 8.49. The smallest absolute Gasteiger partial charge is 0.234 e. The molecule has 0 aromatic heterocycles. The maximum Gasteiger partial charge on any atom is 0.234 e. The van der Waals surface area contributed by atoms with Crippen molar-refractivity contribution in [3.8, 4) is 0 Å². The molecule has 0 bridgehead atoms. The molecule has 2 amide bonds. The SMILES string of the molecule is O=C(CNCC1CC1)N[C@@H]1CC[C@@H](C(=O)NC(c2ccc(F)cc2)c2ccc(F)cc2)C(c2ccc(Br)cc2)C1. The summed E-state index contributed by atoms with van der Waals surface area (Å²) >= 11 is 3.49. The van der Waals surface area contributed by atoms with Crippen molar-refractivity contribution in [2.24, 2.45) is 11.8 Å². The fourth-order valence-electron chi connectivity index (χ4n) is 5.60. The van der Waals surface area contributed by atoms with Gasteiger partial charge in [0.25, 0.3) is 0 Å². The molecule has 2 aliphatic rings. The van der Waals surface area contributed by atoms with E-state index in [1.807, 2.05) is 24.3 Å². The molecule has 0 heterocycles. The van der Waals surface area contributed by atoms with Crippen molar-refractivity contribution in [1.29, 1.82) is 0 Å². The van der Waals surface area contributed by atoms with Crippen molar-refractivity contribution < 1.29 is 18.4 Å². The van der Waals surface area contributed by atoms with E-state index in [2.05, 4.69) is 31.9 Å². The van der Waals surface area contributed by atoms with E-state index in [0.29, 0.717) is 42.9 Å². The number of amides is 2. The zero-order chi connectivity index (χ0) is 28.1. The first-order valence-corrected chi connectivity index (χ1v) is 14.7. The number of halogens is 3. The van der Waals surface area contributed by atoms with Gasteiger partial charge in [-0.1, -0.05) is 52.3 Å². The third-order valence-electron chi connectivity index (χ3n) is 7.96. The van der Waals surface area contributed by atoms with Crippen molar-refractivity contribution >= 4 is 27.7 Å². The van der Waals surface area contributed by atoms with Gasteiger partial charge in [-0.25, -0.2) is 8.78 Å². The Balaban J connectivity index is 1.33. The molecular weight excluding hydrogens is 576 g/mol. The van der Waals surface area contributed by atoms with Gasteiger partial charge in [0.15, 0.2) is 0 Å². The van der Waals surface area contributed by atoms with Gasteiger partial charge in [0.05, 0.1) is 12.6 Å². The Morgan fingerprint density at radius 3 is 2.00 bits per heavy atom. The Morgan fingerprint density at radius 1 is 0.825 bits per heavy atom. The van der Waals surface area contributed by atoms with E-state index in [1.165, 1.54) is 37.1 Å². The molecule has 1 unspecified atom stereocenters. The number of nitrogens with one attached hydrogen (secondary N) is 3. The van der Waals surface area contributed by atoms with Crippen LogP contribution in [0.15, 0.2) is 77.3 Å². The standard InChI is InChI=1S/C32H34BrF2N3O2/c33-24-9-3-21(4-10-24)29-17-27(37-30(39)19-36-18-20-1-2-20)15-16-28(29)32(40)38-31(22-5-11-25(34)12-6-22)23-7-13-26(35)14-8-23/h3-14,20,27-29,31,36H,1-2,15-19H2,(H,37,39)(H,38,40)/t27-,28-,29?/m1/s1. The van der Waals surface area contributed by atoms with Crippen molar-refractivity contribution in [1.82, 2.24) is 16.0 Å². The van der Waals surface area contributed by atoms with Gasteiger partial charge in [-0.2, -0.15) is 0 Å². The molecule has 40 heavy (non-hydrogen) atoms. The highest BCUT2D eigenvalue weighted by atomic mass is 79.9. The maximum atomic E-state index is 13.9. The molecule has 3 N–H and O–H groups in total. The molecule has 0 spiro atoms. The van der Waals surface area contributed by atoms with Crippen LogP contribution in [-0.2, 0) is 9.59 Å². The average Bonchev–Trinajstić information content (AvgIpc) is 3.78. The average molecular weight is 611 g/mol. The second kappa shape index (κ2) is 13.0. The Morgan fingerprint density at radius 2 is 1.43 bits per heavy atom. The van der Waals surface area contributed by atoms with Crippen LogP contribution in [0.25, 0.3) is 0 Å². The predicted molar refractivity (Wildman–Crippen MR) is 155 cm³/mol. The minimum absolute atomic E-state index is 0.0178. The maximum absolute atomic E-state index is 13.9. The predicted octanol–water partition coefficient (Wildman–Crippen LogP) is 6.00. The lowest BCUT2D eigenvalue weighted by Crippen LogP contribution is -2.46. The number of carbonyl (C=O) groups is 2. The molecule has 2 saturated carbocycles. The quantitative estimate of drug-likeness (QED) is 0.264. The highest BCUT2D eigenvalue weighted by Crippen LogP contribution is 2.39. The van der Waals surface area contributed by atoms with Gasteiger partial charge < -0.3 is 16.0 Å². The van der Waals surface area contributed by atoms with Crippen LogP contribution in [-0.4, -0.2) is 30.9 Å². The van der Waals surface area contributed by atoms with E-state index in [1.54, 1.807) is 24.3 Å². The Hall–Kier alpha value is -3.10. The Bertz CT molecular complexity index is 1250. The van der Waals surface area contributed by atoms with Gasteiger partial charge in [0.1, 0.15) is 11.6 Å². The summed E-state index contributed by atoms with van der Waals surface area (Å²) in [5, 5.41) is 9.60. The van der Waals surface area contributed by atoms with E-state index in [-0.39, 0.29) is 41.3 Å². The van der Waals surface area contributed by atoms with E-state index in [9.17, 15) is 18.4 Å². The Kier molecular flexibility index (Phi) is 9.27. The molecule has 5 rings (SSSR count). The van der Waals surface area contributed by atoms with Crippen LogP contribution < -0.4 is 16.0 Å². The van der Waals surface area contributed by atoms with E-state index >= 15 is 0 Å². The zero-order valence-electron chi connectivity index (χ0n) is 22.2. The summed E-state index contributed by atoms with van der Waals surface area (Å²) in [6, 6.07) is 19.4. The highest BCUT2D eigenvalue weighted by Gasteiger charge is 2.37. The number of carbonyl (C=O) groups excluding carboxylic acids is 2. The van der Waals surface area contributed by atoms with Crippen LogP contribution in [0.5, 0.6) is 0 Å². The normalized spacial score (nSPS) is 20.8. The lowest BCUT2D eigenvalue weighted by molar-refractivity contribution is -0.127.